The predicted octanol–water partition coefficient (Wildman–Crippen LogP) is 7.11. The van der Waals surface area contributed by atoms with Gasteiger partial charge in [0.2, 0.25) is 0 Å². The van der Waals surface area contributed by atoms with Crippen molar-refractivity contribution < 1.29 is 19.8 Å². The number of carboxylic acids is 2. The van der Waals surface area contributed by atoms with Crippen LogP contribution in [-0.2, 0) is 0 Å². The number of rotatable bonds is 4. The zero-order valence-electron chi connectivity index (χ0n) is 20.0. The molecule has 0 amide bonds. The van der Waals surface area contributed by atoms with E-state index in [-0.39, 0.29) is 0 Å². The van der Waals surface area contributed by atoms with Crippen LogP contribution in [0.5, 0.6) is 0 Å². The predicted molar refractivity (Wildman–Crippen MR) is 148 cm³/mol. The van der Waals surface area contributed by atoms with Gasteiger partial charge in [-0.3, -0.25) is 0 Å². The van der Waals surface area contributed by atoms with E-state index >= 15 is 0 Å². The summed E-state index contributed by atoms with van der Waals surface area (Å²) in [5.74, 6) is -1.76. The van der Waals surface area contributed by atoms with Crippen molar-refractivity contribution in [1.29, 1.82) is 0 Å². The standard InChI is InChI=1S/C15H17NS2.2C7H6O2/c1-16-8-2-5-12(11-16)15(13-6-3-9-17-13)14-7-4-10-18-14;2*8-7(9)6-4-2-1-3-5-6/h3-4,6-7,9-10H,2,5,8,11H2,1H3;2*1-5H,(H,8,9). The zero-order chi connectivity index (χ0) is 25.8. The highest BCUT2D eigenvalue weighted by Gasteiger charge is 2.18. The minimum Gasteiger partial charge on any atom is -0.478 e. The Hall–Kier alpha value is -3.52. The monoisotopic (exact) mass is 519 g/mol. The second kappa shape index (κ2) is 14.1. The summed E-state index contributed by atoms with van der Waals surface area (Å²) in [6.07, 6.45) is 2.53. The summed E-state index contributed by atoms with van der Waals surface area (Å²) in [5.41, 5.74) is 3.76. The molecule has 5 rings (SSSR count). The Morgan fingerprint density at radius 3 is 1.53 bits per heavy atom. The van der Waals surface area contributed by atoms with Crippen LogP contribution in [0.2, 0.25) is 0 Å². The van der Waals surface area contributed by atoms with E-state index in [9.17, 15) is 9.59 Å². The second-order valence-corrected chi connectivity index (χ2v) is 10.0. The van der Waals surface area contributed by atoms with E-state index in [1.54, 1.807) is 66.2 Å². The molecule has 5 nitrogen and oxygen atoms in total. The lowest BCUT2D eigenvalue weighted by atomic mass is 9.97. The number of likely N-dealkylation sites (tertiary alicyclic amines) is 1. The molecule has 0 aliphatic carbocycles. The fraction of sp³-hybridized carbons (Fsp3) is 0.172. The van der Waals surface area contributed by atoms with Gasteiger partial charge in [0.1, 0.15) is 0 Å². The Morgan fingerprint density at radius 2 is 1.19 bits per heavy atom. The number of piperidine rings is 1. The van der Waals surface area contributed by atoms with Gasteiger partial charge < -0.3 is 15.1 Å². The number of benzene rings is 2. The fourth-order valence-corrected chi connectivity index (χ4v) is 5.45. The number of hydrogen-bond acceptors (Lipinski definition) is 5. The first kappa shape index (κ1) is 27.1. The van der Waals surface area contributed by atoms with Crippen molar-refractivity contribution in [3.05, 3.63) is 122 Å². The summed E-state index contributed by atoms with van der Waals surface area (Å²) in [6.45, 7) is 2.34. The SMILES string of the molecule is CN1CCCC(=C(c2cccs2)c2cccs2)C1.O=C(O)c1ccccc1.O=C(O)c1ccccc1. The van der Waals surface area contributed by atoms with E-state index < -0.39 is 11.9 Å². The number of aromatic carboxylic acids is 2. The normalized spacial score (nSPS) is 13.0. The third kappa shape index (κ3) is 8.30. The Kier molecular flexibility index (Phi) is 10.6. The van der Waals surface area contributed by atoms with Crippen molar-refractivity contribution in [2.45, 2.75) is 12.8 Å². The molecule has 4 aromatic rings. The van der Waals surface area contributed by atoms with Crippen LogP contribution >= 0.6 is 22.7 Å². The van der Waals surface area contributed by atoms with E-state index in [4.69, 9.17) is 10.2 Å². The molecule has 0 radical (unpaired) electrons. The molecule has 1 fully saturated rings. The largest absolute Gasteiger partial charge is 0.478 e. The van der Waals surface area contributed by atoms with Crippen LogP contribution < -0.4 is 0 Å². The number of hydrogen-bond donors (Lipinski definition) is 2. The molecule has 0 atom stereocenters. The number of carboxylic acid groups (broad SMARTS) is 2. The third-order valence-corrected chi connectivity index (χ3v) is 7.18. The molecule has 0 bridgehead atoms. The number of nitrogens with zero attached hydrogens (tertiary/aromatic N) is 1. The molecule has 2 aromatic carbocycles. The minimum atomic E-state index is -0.879. The van der Waals surface area contributed by atoms with Crippen LogP contribution in [0.4, 0.5) is 0 Å². The molecule has 186 valence electrons. The van der Waals surface area contributed by atoms with E-state index in [1.807, 2.05) is 22.7 Å². The lowest BCUT2D eigenvalue weighted by Gasteiger charge is -2.26. The third-order valence-electron chi connectivity index (χ3n) is 5.41. The molecule has 36 heavy (non-hydrogen) atoms. The molecule has 1 saturated heterocycles. The van der Waals surface area contributed by atoms with Crippen molar-refractivity contribution in [2.24, 2.45) is 0 Å². The summed E-state index contributed by atoms with van der Waals surface area (Å²) in [7, 11) is 2.22. The van der Waals surface area contributed by atoms with Crippen LogP contribution in [0.15, 0.2) is 101 Å². The highest BCUT2D eigenvalue weighted by atomic mass is 32.1. The van der Waals surface area contributed by atoms with Crippen molar-refractivity contribution in [3.63, 3.8) is 0 Å². The molecule has 0 spiro atoms. The summed E-state index contributed by atoms with van der Waals surface area (Å²) in [5, 5.41) is 21.1. The van der Waals surface area contributed by atoms with Crippen LogP contribution in [0.3, 0.4) is 0 Å². The lowest BCUT2D eigenvalue weighted by Crippen LogP contribution is -2.27. The van der Waals surface area contributed by atoms with E-state index in [0.717, 1.165) is 6.54 Å². The first-order valence-corrected chi connectivity index (χ1v) is 13.3. The van der Waals surface area contributed by atoms with Crippen LogP contribution in [-0.4, -0.2) is 47.2 Å². The van der Waals surface area contributed by atoms with E-state index in [2.05, 4.69) is 47.0 Å². The summed E-state index contributed by atoms with van der Waals surface area (Å²) < 4.78 is 0. The highest BCUT2D eigenvalue weighted by Crippen LogP contribution is 2.35. The smallest absolute Gasteiger partial charge is 0.335 e. The van der Waals surface area contributed by atoms with E-state index in [1.165, 1.54) is 34.7 Å². The maximum absolute atomic E-state index is 10.2. The molecule has 1 aliphatic rings. The van der Waals surface area contributed by atoms with Gasteiger partial charge in [-0.1, -0.05) is 48.5 Å². The van der Waals surface area contributed by atoms with E-state index in [0.29, 0.717) is 11.1 Å². The number of likely N-dealkylation sites (N-methyl/N-ethyl adjacent to an activating group) is 1. The molecule has 7 heteroatoms. The van der Waals surface area contributed by atoms with Gasteiger partial charge in [-0.05, 0) is 79.2 Å². The Labute approximate surface area is 219 Å². The van der Waals surface area contributed by atoms with Crippen molar-refractivity contribution in [3.8, 4) is 0 Å². The summed E-state index contributed by atoms with van der Waals surface area (Å²) >= 11 is 3.71. The number of thiophene rings is 2. The van der Waals surface area contributed by atoms with Gasteiger partial charge in [0, 0.05) is 21.9 Å². The zero-order valence-corrected chi connectivity index (χ0v) is 21.7. The first-order valence-electron chi connectivity index (χ1n) is 11.5. The average molecular weight is 520 g/mol. The molecular weight excluding hydrogens is 490 g/mol. The second-order valence-electron chi connectivity index (χ2n) is 8.12. The van der Waals surface area contributed by atoms with Crippen molar-refractivity contribution >= 4 is 40.2 Å². The maximum atomic E-state index is 10.2. The molecular formula is C29H29NO4S2. The average Bonchev–Trinajstić information content (AvgIpc) is 3.62. The quantitative estimate of drug-likeness (QED) is 0.300. The highest BCUT2D eigenvalue weighted by molar-refractivity contribution is 7.13. The molecule has 2 N–H and O–H groups in total. The van der Waals surface area contributed by atoms with Crippen molar-refractivity contribution in [1.82, 2.24) is 4.90 Å². The van der Waals surface area contributed by atoms with Gasteiger partial charge in [-0.2, -0.15) is 0 Å². The molecule has 0 saturated carbocycles. The molecule has 2 aromatic heterocycles. The molecule has 0 unspecified atom stereocenters. The summed E-state index contributed by atoms with van der Waals surface area (Å²) in [6, 6.07) is 25.4. The first-order chi connectivity index (χ1) is 17.5. The van der Waals surface area contributed by atoms with Crippen LogP contribution in [0.1, 0.15) is 43.3 Å². The topological polar surface area (TPSA) is 77.8 Å². The van der Waals surface area contributed by atoms with Crippen LogP contribution in [0.25, 0.3) is 5.57 Å². The van der Waals surface area contributed by atoms with Gasteiger partial charge in [0.15, 0.2) is 0 Å². The maximum Gasteiger partial charge on any atom is 0.335 e. The molecule has 3 heterocycles. The minimum absolute atomic E-state index is 0.331. The van der Waals surface area contributed by atoms with Gasteiger partial charge in [-0.15, -0.1) is 22.7 Å². The fourth-order valence-electron chi connectivity index (χ4n) is 3.72. The van der Waals surface area contributed by atoms with Crippen LogP contribution in [0, 0.1) is 0 Å². The molecule has 1 aliphatic heterocycles. The summed E-state index contributed by atoms with van der Waals surface area (Å²) in [4.78, 5) is 25.7. The lowest BCUT2D eigenvalue weighted by molar-refractivity contribution is 0.0686. The van der Waals surface area contributed by atoms with Gasteiger partial charge in [0.25, 0.3) is 0 Å². The van der Waals surface area contributed by atoms with Gasteiger partial charge >= 0.3 is 11.9 Å². The Morgan fingerprint density at radius 1 is 0.722 bits per heavy atom. The Balaban J connectivity index is 0.000000169. The Bertz CT molecular complexity index is 1150. The van der Waals surface area contributed by atoms with Crippen molar-refractivity contribution in [2.75, 3.05) is 20.1 Å². The number of carbonyl (C=O) groups is 2. The van der Waals surface area contributed by atoms with Gasteiger partial charge in [0.05, 0.1) is 11.1 Å². The van der Waals surface area contributed by atoms with Gasteiger partial charge in [-0.25, -0.2) is 9.59 Å².